The first-order valence-corrected chi connectivity index (χ1v) is 8.57. The van der Waals surface area contributed by atoms with Gasteiger partial charge in [-0.3, -0.25) is 0 Å². The Balaban J connectivity index is 2.21. The molecule has 0 spiro atoms. The number of hydrogen-bond acceptors (Lipinski definition) is 2. The molecule has 24 heavy (non-hydrogen) atoms. The highest BCUT2D eigenvalue weighted by Gasteiger charge is 2.25. The standard InChI is InChI=1S/C21H27NO2/c1-16(2)22(17(3)4)21(23)24-20(19-13-9-6-10-14-19)15-18-11-7-5-8-12-18/h5-14,16-17,20H,15H2,1-4H3/t20-/m1/s1. The lowest BCUT2D eigenvalue weighted by Crippen LogP contribution is -2.43. The summed E-state index contributed by atoms with van der Waals surface area (Å²) < 4.78 is 5.91. The number of hydrogen-bond donors (Lipinski definition) is 0. The molecule has 0 aliphatic heterocycles. The Labute approximate surface area is 145 Å². The molecule has 0 saturated heterocycles. The van der Waals surface area contributed by atoms with E-state index < -0.39 is 0 Å². The summed E-state index contributed by atoms with van der Waals surface area (Å²) in [6, 6.07) is 20.3. The van der Waals surface area contributed by atoms with Crippen LogP contribution in [0.1, 0.15) is 44.9 Å². The molecule has 0 fully saturated rings. The summed E-state index contributed by atoms with van der Waals surface area (Å²) in [5.74, 6) is 0. The largest absolute Gasteiger partial charge is 0.441 e. The van der Waals surface area contributed by atoms with Crippen molar-refractivity contribution in [3.63, 3.8) is 0 Å². The Bertz CT molecular complexity index is 615. The molecule has 0 saturated carbocycles. The van der Waals surface area contributed by atoms with Crippen molar-refractivity contribution < 1.29 is 9.53 Å². The summed E-state index contributed by atoms with van der Waals surface area (Å²) in [6.07, 6.45) is 0.117. The number of benzene rings is 2. The minimum atomic E-state index is -0.291. The van der Waals surface area contributed by atoms with Crippen LogP contribution < -0.4 is 0 Å². The fraction of sp³-hybridized carbons (Fsp3) is 0.381. The molecule has 0 bridgehead atoms. The van der Waals surface area contributed by atoms with E-state index >= 15 is 0 Å². The average Bonchev–Trinajstić information content (AvgIpc) is 2.55. The third-order valence-corrected chi connectivity index (χ3v) is 4.00. The summed E-state index contributed by atoms with van der Waals surface area (Å²) in [5.41, 5.74) is 2.17. The van der Waals surface area contributed by atoms with Crippen LogP contribution in [0.4, 0.5) is 4.79 Å². The van der Waals surface area contributed by atoms with Crippen molar-refractivity contribution in [3.05, 3.63) is 71.8 Å². The molecule has 0 N–H and O–H groups in total. The lowest BCUT2D eigenvalue weighted by Gasteiger charge is -2.31. The fourth-order valence-electron chi connectivity index (χ4n) is 2.92. The van der Waals surface area contributed by atoms with Gasteiger partial charge in [-0.2, -0.15) is 0 Å². The van der Waals surface area contributed by atoms with Crippen molar-refractivity contribution in [1.82, 2.24) is 4.90 Å². The van der Waals surface area contributed by atoms with Gasteiger partial charge in [0.15, 0.2) is 0 Å². The second-order valence-electron chi connectivity index (χ2n) is 6.57. The van der Waals surface area contributed by atoms with Gasteiger partial charge in [0.1, 0.15) is 6.10 Å². The molecule has 1 amide bonds. The molecule has 0 aromatic heterocycles. The molecular weight excluding hydrogens is 298 g/mol. The molecule has 0 aliphatic rings. The molecule has 2 aromatic carbocycles. The van der Waals surface area contributed by atoms with Gasteiger partial charge in [-0.25, -0.2) is 4.79 Å². The third kappa shape index (κ3) is 4.85. The van der Waals surface area contributed by atoms with Crippen LogP contribution in [0.5, 0.6) is 0 Å². The lowest BCUT2D eigenvalue weighted by atomic mass is 10.0. The normalized spacial score (nSPS) is 12.2. The van der Waals surface area contributed by atoms with Crippen LogP contribution in [0.3, 0.4) is 0 Å². The van der Waals surface area contributed by atoms with Gasteiger partial charge in [-0.15, -0.1) is 0 Å². The monoisotopic (exact) mass is 325 g/mol. The van der Waals surface area contributed by atoms with Crippen molar-refractivity contribution >= 4 is 6.09 Å². The van der Waals surface area contributed by atoms with E-state index in [1.54, 1.807) is 4.90 Å². The number of rotatable bonds is 6. The second-order valence-corrected chi connectivity index (χ2v) is 6.57. The summed E-state index contributed by atoms with van der Waals surface area (Å²) in [5, 5.41) is 0. The SMILES string of the molecule is CC(C)N(C(=O)O[C@H](Cc1ccccc1)c1ccccc1)C(C)C. The highest BCUT2D eigenvalue weighted by molar-refractivity contribution is 5.68. The number of carbonyl (C=O) groups excluding carboxylic acids is 1. The maximum atomic E-state index is 12.7. The van der Waals surface area contributed by atoms with Gasteiger partial charge in [0, 0.05) is 18.5 Å². The lowest BCUT2D eigenvalue weighted by molar-refractivity contribution is 0.0447. The van der Waals surface area contributed by atoms with Crippen LogP contribution in [0.2, 0.25) is 0 Å². The van der Waals surface area contributed by atoms with E-state index in [4.69, 9.17) is 4.74 Å². The molecule has 0 radical (unpaired) electrons. The van der Waals surface area contributed by atoms with E-state index in [-0.39, 0.29) is 24.3 Å². The first-order valence-electron chi connectivity index (χ1n) is 8.57. The number of amides is 1. The zero-order chi connectivity index (χ0) is 17.5. The van der Waals surface area contributed by atoms with Gasteiger partial charge in [0.2, 0.25) is 0 Å². The zero-order valence-electron chi connectivity index (χ0n) is 15.0. The quantitative estimate of drug-likeness (QED) is 0.728. The van der Waals surface area contributed by atoms with E-state index in [1.165, 1.54) is 0 Å². The van der Waals surface area contributed by atoms with Gasteiger partial charge in [0.05, 0.1) is 0 Å². The minimum absolute atomic E-state index is 0.102. The smallest absolute Gasteiger partial charge is 0.410 e. The van der Waals surface area contributed by atoms with Crippen LogP contribution in [0.15, 0.2) is 60.7 Å². The van der Waals surface area contributed by atoms with Gasteiger partial charge in [0.25, 0.3) is 0 Å². The van der Waals surface area contributed by atoms with E-state index in [1.807, 2.05) is 76.2 Å². The zero-order valence-corrected chi connectivity index (χ0v) is 15.0. The minimum Gasteiger partial charge on any atom is -0.441 e. The molecule has 0 aliphatic carbocycles. The first kappa shape index (κ1) is 18.1. The van der Waals surface area contributed by atoms with Crippen molar-refractivity contribution in [1.29, 1.82) is 0 Å². The average molecular weight is 325 g/mol. The van der Waals surface area contributed by atoms with Gasteiger partial charge < -0.3 is 9.64 Å². The predicted octanol–water partition coefficient (Wildman–Crippen LogP) is 5.23. The Kier molecular flexibility index (Phi) is 6.42. The van der Waals surface area contributed by atoms with Crippen LogP contribution >= 0.6 is 0 Å². The molecule has 2 rings (SSSR count). The van der Waals surface area contributed by atoms with Crippen LogP contribution in [-0.4, -0.2) is 23.1 Å². The van der Waals surface area contributed by atoms with E-state index in [0.717, 1.165) is 11.1 Å². The van der Waals surface area contributed by atoms with E-state index in [9.17, 15) is 4.79 Å². The van der Waals surface area contributed by atoms with Crippen molar-refractivity contribution in [2.75, 3.05) is 0 Å². The molecule has 128 valence electrons. The maximum Gasteiger partial charge on any atom is 0.410 e. The van der Waals surface area contributed by atoms with Gasteiger partial charge in [-0.05, 0) is 38.8 Å². The van der Waals surface area contributed by atoms with E-state index in [2.05, 4.69) is 12.1 Å². The van der Waals surface area contributed by atoms with Crippen molar-refractivity contribution in [2.45, 2.75) is 52.3 Å². The Hall–Kier alpha value is -2.29. The molecule has 0 heterocycles. The second kappa shape index (κ2) is 8.53. The molecule has 2 aromatic rings. The highest BCUT2D eigenvalue weighted by Crippen LogP contribution is 2.24. The highest BCUT2D eigenvalue weighted by atomic mass is 16.6. The van der Waals surface area contributed by atoms with E-state index in [0.29, 0.717) is 6.42 Å². The summed E-state index contributed by atoms with van der Waals surface area (Å²) in [4.78, 5) is 14.5. The van der Waals surface area contributed by atoms with Crippen LogP contribution in [-0.2, 0) is 11.2 Å². The Morgan fingerprint density at radius 3 is 1.88 bits per heavy atom. The number of carbonyl (C=O) groups is 1. The molecule has 3 heteroatoms. The maximum absolute atomic E-state index is 12.7. The predicted molar refractivity (Wildman–Crippen MR) is 97.9 cm³/mol. The molecular formula is C21H27NO2. The Morgan fingerprint density at radius 1 is 0.875 bits per heavy atom. The van der Waals surface area contributed by atoms with Crippen LogP contribution in [0, 0.1) is 0 Å². The number of nitrogens with zero attached hydrogens (tertiary/aromatic N) is 1. The topological polar surface area (TPSA) is 29.5 Å². The summed E-state index contributed by atoms with van der Waals surface area (Å²) in [6.45, 7) is 8.04. The first-order chi connectivity index (χ1) is 11.5. The van der Waals surface area contributed by atoms with Crippen molar-refractivity contribution in [3.8, 4) is 0 Å². The molecule has 0 unspecified atom stereocenters. The van der Waals surface area contributed by atoms with Crippen molar-refractivity contribution in [2.24, 2.45) is 0 Å². The fourth-order valence-corrected chi connectivity index (χ4v) is 2.92. The van der Waals surface area contributed by atoms with Gasteiger partial charge in [-0.1, -0.05) is 60.7 Å². The third-order valence-electron chi connectivity index (χ3n) is 4.00. The molecule has 3 nitrogen and oxygen atoms in total. The summed E-state index contributed by atoms with van der Waals surface area (Å²) >= 11 is 0. The number of ether oxygens (including phenoxy) is 1. The van der Waals surface area contributed by atoms with Gasteiger partial charge >= 0.3 is 6.09 Å². The summed E-state index contributed by atoms with van der Waals surface area (Å²) in [7, 11) is 0. The van der Waals surface area contributed by atoms with Crippen LogP contribution in [0.25, 0.3) is 0 Å². The Morgan fingerprint density at radius 2 is 1.38 bits per heavy atom. The molecule has 1 atom stereocenters.